The summed E-state index contributed by atoms with van der Waals surface area (Å²) in [7, 11) is 0. The molecular formula is C20H38. The van der Waals surface area contributed by atoms with E-state index in [1.807, 2.05) is 0 Å². The number of hydrogen-bond donors (Lipinski definition) is 0. The van der Waals surface area contributed by atoms with Gasteiger partial charge in [0.2, 0.25) is 0 Å². The van der Waals surface area contributed by atoms with E-state index in [1.165, 1.54) is 57.8 Å². The summed E-state index contributed by atoms with van der Waals surface area (Å²) >= 11 is 0. The first-order valence-corrected chi connectivity index (χ1v) is 9.21. The molecule has 0 spiro atoms. The van der Waals surface area contributed by atoms with E-state index in [0.717, 1.165) is 29.6 Å². The van der Waals surface area contributed by atoms with E-state index >= 15 is 0 Å². The van der Waals surface area contributed by atoms with Crippen LogP contribution in [0.3, 0.4) is 0 Å². The van der Waals surface area contributed by atoms with Crippen LogP contribution in [0.15, 0.2) is 12.7 Å². The molecule has 0 nitrogen and oxygen atoms in total. The molecule has 1 rings (SSSR count). The highest BCUT2D eigenvalue weighted by molar-refractivity contribution is 4.82. The molecule has 0 amide bonds. The molecule has 20 heavy (non-hydrogen) atoms. The monoisotopic (exact) mass is 278 g/mol. The minimum Gasteiger partial charge on any atom is -0.103 e. The lowest BCUT2D eigenvalue weighted by Crippen LogP contribution is -2.08. The van der Waals surface area contributed by atoms with Gasteiger partial charge in [0, 0.05) is 0 Å². The van der Waals surface area contributed by atoms with Crippen LogP contribution in [0.2, 0.25) is 0 Å². The van der Waals surface area contributed by atoms with E-state index in [2.05, 4.69) is 40.3 Å². The number of allylic oxidation sites excluding steroid dienone is 1. The average Bonchev–Trinajstić information content (AvgIpc) is 2.87. The SMILES string of the molecule is C=CC(CC)CCC1CCC(C[C@H](C)C[C@@H](C)CC)C1. The van der Waals surface area contributed by atoms with Crippen molar-refractivity contribution < 1.29 is 0 Å². The number of hydrogen-bond acceptors (Lipinski definition) is 0. The van der Waals surface area contributed by atoms with Crippen molar-refractivity contribution in [1.82, 2.24) is 0 Å². The van der Waals surface area contributed by atoms with Gasteiger partial charge in [0.05, 0.1) is 0 Å². The van der Waals surface area contributed by atoms with Crippen LogP contribution in [0.1, 0.15) is 85.5 Å². The van der Waals surface area contributed by atoms with Crippen LogP contribution in [-0.2, 0) is 0 Å². The highest BCUT2D eigenvalue weighted by Crippen LogP contribution is 2.39. The van der Waals surface area contributed by atoms with E-state index in [1.54, 1.807) is 0 Å². The first-order valence-electron chi connectivity index (χ1n) is 9.21. The van der Waals surface area contributed by atoms with Crippen molar-refractivity contribution in [3.63, 3.8) is 0 Å². The second-order valence-electron chi connectivity index (χ2n) is 7.62. The van der Waals surface area contributed by atoms with Crippen LogP contribution in [0.25, 0.3) is 0 Å². The second-order valence-corrected chi connectivity index (χ2v) is 7.62. The van der Waals surface area contributed by atoms with Gasteiger partial charge in [-0.1, -0.05) is 53.0 Å². The van der Waals surface area contributed by atoms with Gasteiger partial charge in [0.15, 0.2) is 0 Å². The van der Waals surface area contributed by atoms with Crippen molar-refractivity contribution in [2.75, 3.05) is 0 Å². The van der Waals surface area contributed by atoms with Gasteiger partial charge in [-0.2, -0.15) is 0 Å². The fourth-order valence-corrected chi connectivity index (χ4v) is 4.11. The predicted octanol–water partition coefficient (Wildman–Crippen LogP) is 6.86. The van der Waals surface area contributed by atoms with E-state index in [0.29, 0.717) is 0 Å². The summed E-state index contributed by atoms with van der Waals surface area (Å²) < 4.78 is 0. The molecule has 0 saturated heterocycles. The van der Waals surface area contributed by atoms with E-state index in [-0.39, 0.29) is 0 Å². The van der Waals surface area contributed by atoms with Crippen LogP contribution in [-0.4, -0.2) is 0 Å². The summed E-state index contributed by atoms with van der Waals surface area (Å²) in [5, 5.41) is 0. The summed E-state index contributed by atoms with van der Waals surface area (Å²) in [5.41, 5.74) is 0. The highest BCUT2D eigenvalue weighted by Gasteiger charge is 2.26. The van der Waals surface area contributed by atoms with E-state index in [4.69, 9.17) is 0 Å². The van der Waals surface area contributed by atoms with Crippen LogP contribution < -0.4 is 0 Å². The minimum absolute atomic E-state index is 0.762. The Kier molecular flexibility index (Phi) is 8.57. The maximum absolute atomic E-state index is 3.97. The first-order chi connectivity index (χ1) is 9.58. The van der Waals surface area contributed by atoms with Crippen LogP contribution in [0.5, 0.6) is 0 Å². The Labute approximate surface area is 128 Å². The molecule has 0 radical (unpaired) electrons. The molecule has 1 saturated carbocycles. The van der Waals surface area contributed by atoms with Gasteiger partial charge in [-0.3, -0.25) is 0 Å². The Morgan fingerprint density at radius 2 is 1.75 bits per heavy atom. The standard InChI is InChI=1S/C20H38/c1-6-16(4)13-17(5)14-20-12-11-19(15-20)10-9-18(7-2)8-3/h7,16-20H,2,6,8-15H2,1,3-5H3/t16-,17+,18?,19?,20?/m0/s1. The topological polar surface area (TPSA) is 0 Å². The normalized spacial score (nSPS) is 27.2. The van der Waals surface area contributed by atoms with Gasteiger partial charge >= 0.3 is 0 Å². The molecule has 0 aromatic rings. The fraction of sp³-hybridized carbons (Fsp3) is 0.900. The number of rotatable bonds is 10. The molecule has 0 bridgehead atoms. The molecule has 3 unspecified atom stereocenters. The summed E-state index contributed by atoms with van der Waals surface area (Å²) in [6.45, 7) is 13.5. The molecule has 118 valence electrons. The van der Waals surface area contributed by atoms with E-state index < -0.39 is 0 Å². The Balaban J connectivity index is 2.20. The maximum Gasteiger partial charge on any atom is -0.0239 e. The van der Waals surface area contributed by atoms with Crippen molar-refractivity contribution in [1.29, 1.82) is 0 Å². The molecule has 5 atom stereocenters. The largest absolute Gasteiger partial charge is 0.103 e. The lowest BCUT2D eigenvalue weighted by atomic mass is 9.86. The lowest BCUT2D eigenvalue weighted by molar-refractivity contribution is 0.320. The smallest absolute Gasteiger partial charge is 0.0239 e. The van der Waals surface area contributed by atoms with Crippen molar-refractivity contribution >= 4 is 0 Å². The van der Waals surface area contributed by atoms with Crippen molar-refractivity contribution in [2.24, 2.45) is 29.6 Å². The Morgan fingerprint density at radius 3 is 2.35 bits per heavy atom. The third-order valence-corrected chi connectivity index (χ3v) is 5.69. The summed E-state index contributed by atoms with van der Waals surface area (Å²) in [6, 6.07) is 0. The van der Waals surface area contributed by atoms with Gasteiger partial charge in [0.25, 0.3) is 0 Å². The van der Waals surface area contributed by atoms with E-state index in [9.17, 15) is 0 Å². The van der Waals surface area contributed by atoms with Crippen molar-refractivity contribution in [3.8, 4) is 0 Å². The Hall–Kier alpha value is -0.260. The van der Waals surface area contributed by atoms with Crippen LogP contribution >= 0.6 is 0 Å². The lowest BCUT2D eigenvalue weighted by Gasteiger charge is -2.20. The zero-order valence-electron chi connectivity index (χ0n) is 14.5. The molecule has 0 heteroatoms. The molecule has 0 heterocycles. The van der Waals surface area contributed by atoms with Crippen molar-refractivity contribution in [3.05, 3.63) is 12.7 Å². The quantitative estimate of drug-likeness (QED) is 0.383. The molecule has 1 fully saturated rings. The van der Waals surface area contributed by atoms with Gasteiger partial charge < -0.3 is 0 Å². The van der Waals surface area contributed by atoms with Gasteiger partial charge in [-0.15, -0.1) is 6.58 Å². The molecule has 0 aromatic heterocycles. The fourth-order valence-electron chi connectivity index (χ4n) is 4.11. The maximum atomic E-state index is 3.97. The third-order valence-electron chi connectivity index (χ3n) is 5.69. The third kappa shape index (κ3) is 6.46. The summed E-state index contributed by atoms with van der Waals surface area (Å²) in [4.78, 5) is 0. The zero-order valence-corrected chi connectivity index (χ0v) is 14.5. The Bertz CT molecular complexity index is 255. The second kappa shape index (κ2) is 9.64. The summed E-state index contributed by atoms with van der Waals surface area (Å²) in [6.07, 6.45) is 15.0. The van der Waals surface area contributed by atoms with Crippen LogP contribution in [0.4, 0.5) is 0 Å². The van der Waals surface area contributed by atoms with Gasteiger partial charge in [-0.05, 0) is 68.1 Å². The molecular weight excluding hydrogens is 240 g/mol. The van der Waals surface area contributed by atoms with Crippen molar-refractivity contribution in [2.45, 2.75) is 85.5 Å². The predicted molar refractivity (Wildman–Crippen MR) is 91.9 cm³/mol. The molecule has 1 aliphatic carbocycles. The van der Waals surface area contributed by atoms with Gasteiger partial charge in [0.1, 0.15) is 0 Å². The van der Waals surface area contributed by atoms with Crippen LogP contribution in [0, 0.1) is 29.6 Å². The Morgan fingerprint density at radius 1 is 1.05 bits per heavy atom. The average molecular weight is 279 g/mol. The first kappa shape index (κ1) is 17.8. The molecule has 1 aliphatic rings. The minimum atomic E-state index is 0.762. The molecule has 0 aromatic carbocycles. The van der Waals surface area contributed by atoms with Gasteiger partial charge in [-0.25, -0.2) is 0 Å². The zero-order chi connectivity index (χ0) is 15.0. The molecule has 0 N–H and O–H groups in total. The molecule has 0 aliphatic heterocycles. The summed E-state index contributed by atoms with van der Waals surface area (Å²) in [5.74, 6) is 4.66. The highest BCUT2D eigenvalue weighted by atomic mass is 14.3.